The van der Waals surface area contributed by atoms with Crippen LogP contribution in [-0.4, -0.2) is 24.4 Å². The molecule has 0 fully saturated rings. The van der Waals surface area contributed by atoms with Gasteiger partial charge in [0.2, 0.25) is 0 Å². The molecule has 1 N–H and O–H groups in total. The van der Waals surface area contributed by atoms with Crippen LogP contribution in [0.5, 0.6) is 0 Å². The highest BCUT2D eigenvalue weighted by atomic mass is 31.2. The summed E-state index contributed by atoms with van der Waals surface area (Å²) < 4.78 is 4.83. The minimum atomic E-state index is -1.31. The highest BCUT2D eigenvalue weighted by Gasteiger charge is 2.19. The highest BCUT2D eigenvalue weighted by Crippen LogP contribution is 2.41. The fourth-order valence-corrected chi connectivity index (χ4v) is 4.79. The van der Waals surface area contributed by atoms with Crippen LogP contribution in [0, 0.1) is 0 Å². The average molecular weight is 204 g/mol. The van der Waals surface area contributed by atoms with E-state index in [4.69, 9.17) is 4.74 Å². The van der Waals surface area contributed by atoms with E-state index in [1.54, 1.807) is 0 Å². The van der Waals surface area contributed by atoms with Gasteiger partial charge in [-0.25, -0.2) is 0 Å². The Balaban J connectivity index is 4.68. The Morgan fingerprint density at radius 1 is 0.923 bits per heavy atom. The van der Waals surface area contributed by atoms with Gasteiger partial charge in [0.1, 0.15) is 0 Å². The Morgan fingerprint density at radius 2 is 1.31 bits per heavy atom. The molecule has 0 spiro atoms. The Kier molecular flexibility index (Phi) is 3.80. The first-order chi connectivity index (χ1) is 5.41. The quantitative estimate of drug-likeness (QED) is 0.649. The van der Waals surface area contributed by atoms with Crippen LogP contribution in [0.1, 0.15) is 41.5 Å². The van der Waals surface area contributed by atoms with E-state index in [0.29, 0.717) is 0 Å². The normalized spacial score (nSPS) is 14.5. The largest absolute Gasteiger partial charge is 0.283 e. The van der Waals surface area contributed by atoms with Crippen molar-refractivity contribution >= 4 is 7.21 Å². The number of rotatable bonds is 1. The molecule has 0 aliphatic carbocycles. The predicted molar refractivity (Wildman–Crippen MR) is 63.8 cm³/mol. The van der Waals surface area contributed by atoms with Gasteiger partial charge in [0, 0.05) is 12.7 Å². The van der Waals surface area contributed by atoms with Crippen LogP contribution in [0.25, 0.3) is 0 Å². The number of nitrogens with zero attached hydrogens (tertiary/aromatic N) is 1. The SMILES string of the molecule is CC(C)(C)N=P(C)(C)NC(C)(C)C. The topological polar surface area (TPSA) is 24.4 Å². The smallest absolute Gasteiger partial charge is 0.0524 e. The van der Waals surface area contributed by atoms with Gasteiger partial charge in [0.05, 0.1) is 5.54 Å². The van der Waals surface area contributed by atoms with E-state index in [9.17, 15) is 0 Å². The van der Waals surface area contributed by atoms with Crippen LogP contribution in [0.3, 0.4) is 0 Å². The van der Waals surface area contributed by atoms with Crippen molar-refractivity contribution in [1.29, 1.82) is 0 Å². The van der Waals surface area contributed by atoms with Crippen LogP contribution in [-0.2, 0) is 0 Å². The summed E-state index contributed by atoms with van der Waals surface area (Å²) in [6.07, 6.45) is 0. The van der Waals surface area contributed by atoms with Gasteiger partial charge in [-0.3, -0.25) is 9.83 Å². The van der Waals surface area contributed by atoms with Crippen molar-refractivity contribution in [3.63, 3.8) is 0 Å². The molecule has 0 unspecified atom stereocenters. The molecule has 80 valence electrons. The molecule has 0 amide bonds. The predicted octanol–water partition coefficient (Wildman–Crippen LogP) is 3.55. The minimum Gasteiger partial charge on any atom is -0.283 e. The molecule has 13 heavy (non-hydrogen) atoms. The lowest BCUT2D eigenvalue weighted by molar-refractivity contribution is 0.521. The first-order valence-corrected chi connectivity index (χ1v) is 7.43. The molecular weight excluding hydrogens is 179 g/mol. The third-order valence-electron chi connectivity index (χ3n) is 1.16. The van der Waals surface area contributed by atoms with E-state index < -0.39 is 7.21 Å². The molecule has 0 saturated heterocycles. The Bertz CT molecular complexity index is 212. The molecule has 0 rings (SSSR count). The van der Waals surface area contributed by atoms with E-state index in [1.165, 1.54) is 0 Å². The lowest BCUT2D eigenvalue weighted by Gasteiger charge is -2.30. The van der Waals surface area contributed by atoms with Crippen molar-refractivity contribution in [2.75, 3.05) is 13.3 Å². The molecular formula is C10H25N2P. The number of nitrogens with one attached hydrogen (secondary N) is 1. The first kappa shape index (κ1) is 13.2. The molecule has 0 atom stereocenters. The van der Waals surface area contributed by atoms with Gasteiger partial charge >= 0.3 is 0 Å². The molecule has 0 aliphatic rings. The Labute approximate surface area is 83.6 Å². The fraction of sp³-hybridized carbons (Fsp3) is 1.00. The zero-order valence-electron chi connectivity index (χ0n) is 10.4. The molecule has 2 nitrogen and oxygen atoms in total. The van der Waals surface area contributed by atoms with Crippen LogP contribution in [0.2, 0.25) is 0 Å². The number of hydrogen-bond acceptors (Lipinski definition) is 1. The zero-order chi connectivity index (χ0) is 10.9. The molecule has 0 bridgehead atoms. The van der Waals surface area contributed by atoms with Crippen molar-refractivity contribution in [3.05, 3.63) is 0 Å². The van der Waals surface area contributed by atoms with Gasteiger partial charge in [-0.1, -0.05) is 0 Å². The van der Waals surface area contributed by atoms with Gasteiger partial charge in [-0.05, 0) is 54.9 Å². The highest BCUT2D eigenvalue weighted by molar-refractivity contribution is 7.62. The van der Waals surface area contributed by atoms with Crippen LogP contribution >= 0.6 is 7.21 Å². The molecule has 3 heteroatoms. The maximum absolute atomic E-state index is 4.83. The maximum Gasteiger partial charge on any atom is 0.0524 e. The second kappa shape index (κ2) is 3.74. The Hall–Kier alpha value is 0.190. The summed E-state index contributed by atoms with van der Waals surface area (Å²) >= 11 is 0. The van der Waals surface area contributed by atoms with E-state index in [0.717, 1.165) is 0 Å². The average Bonchev–Trinajstić information content (AvgIpc) is 1.43. The number of hydrogen-bond donors (Lipinski definition) is 1. The molecule has 0 aliphatic heterocycles. The van der Waals surface area contributed by atoms with E-state index in [-0.39, 0.29) is 11.1 Å². The zero-order valence-corrected chi connectivity index (χ0v) is 11.3. The van der Waals surface area contributed by atoms with E-state index >= 15 is 0 Å². The van der Waals surface area contributed by atoms with Gasteiger partial charge < -0.3 is 0 Å². The van der Waals surface area contributed by atoms with Crippen molar-refractivity contribution in [2.24, 2.45) is 4.74 Å². The van der Waals surface area contributed by atoms with Crippen LogP contribution in [0.15, 0.2) is 4.74 Å². The lowest BCUT2D eigenvalue weighted by Crippen LogP contribution is -2.33. The lowest BCUT2D eigenvalue weighted by atomic mass is 10.1. The summed E-state index contributed by atoms with van der Waals surface area (Å²) in [6.45, 7) is 17.5. The van der Waals surface area contributed by atoms with Crippen molar-refractivity contribution in [3.8, 4) is 0 Å². The third-order valence-corrected chi connectivity index (χ3v) is 3.48. The second-order valence-electron chi connectivity index (χ2n) is 6.03. The minimum absolute atomic E-state index is 0.0650. The fourth-order valence-electron chi connectivity index (χ4n) is 1.60. The first-order valence-electron chi connectivity index (χ1n) is 4.79. The van der Waals surface area contributed by atoms with Crippen LogP contribution in [0.4, 0.5) is 0 Å². The summed E-state index contributed by atoms with van der Waals surface area (Å²) in [5, 5.41) is 3.60. The molecule has 0 aromatic rings. The van der Waals surface area contributed by atoms with Gasteiger partial charge in [0.15, 0.2) is 0 Å². The maximum atomic E-state index is 4.83. The van der Waals surface area contributed by atoms with Gasteiger partial charge in [-0.2, -0.15) is 0 Å². The monoisotopic (exact) mass is 204 g/mol. The molecule has 0 aromatic carbocycles. The summed E-state index contributed by atoms with van der Waals surface area (Å²) in [6, 6.07) is 0. The van der Waals surface area contributed by atoms with Crippen molar-refractivity contribution in [2.45, 2.75) is 52.6 Å². The molecule has 0 heterocycles. The van der Waals surface area contributed by atoms with Crippen molar-refractivity contribution < 1.29 is 0 Å². The standard InChI is InChI=1S/C10H25N2P/c1-9(2,3)11-13(7,8)12-10(4,5)6/h11H,1-8H3. The van der Waals surface area contributed by atoms with E-state index in [1.807, 2.05) is 0 Å². The Morgan fingerprint density at radius 3 is 1.54 bits per heavy atom. The van der Waals surface area contributed by atoms with Gasteiger partial charge in [0.25, 0.3) is 0 Å². The van der Waals surface area contributed by atoms with Crippen LogP contribution < -0.4 is 5.09 Å². The van der Waals surface area contributed by atoms with Gasteiger partial charge in [-0.15, -0.1) is 0 Å². The second-order valence-corrected chi connectivity index (χ2v) is 9.24. The summed E-state index contributed by atoms with van der Waals surface area (Å²) in [4.78, 5) is 0. The summed E-state index contributed by atoms with van der Waals surface area (Å²) in [5.74, 6) is 0. The molecule has 0 saturated carbocycles. The summed E-state index contributed by atoms with van der Waals surface area (Å²) in [7, 11) is -1.31. The van der Waals surface area contributed by atoms with E-state index in [2.05, 4.69) is 60.0 Å². The summed E-state index contributed by atoms with van der Waals surface area (Å²) in [5.41, 5.74) is 0.224. The third kappa shape index (κ3) is 8.52. The van der Waals surface area contributed by atoms with Crippen molar-refractivity contribution in [1.82, 2.24) is 5.09 Å². The molecule has 0 radical (unpaired) electrons. The molecule has 0 aromatic heterocycles.